The van der Waals surface area contributed by atoms with Gasteiger partial charge in [0.2, 0.25) is 5.91 Å². The van der Waals surface area contributed by atoms with Crippen LogP contribution in [0.15, 0.2) is 39.4 Å². The molecular weight excluding hydrogens is 424 g/mol. The lowest BCUT2D eigenvalue weighted by molar-refractivity contribution is -0.127. The first-order chi connectivity index (χ1) is 13.2. The molecule has 1 aliphatic rings. The van der Waals surface area contributed by atoms with E-state index in [-0.39, 0.29) is 17.6 Å². The van der Waals surface area contributed by atoms with E-state index in [1.165, 1.54) is 0 Å². The summed E-state index contributed by atoms with van der Waals surface area (Å²) in [5, 5.41) is 2.82. The van der Waals surface area contributed by atoms with Crippen LogP contribution in [-0.4, -0.2) is 25.0 Å². The Morgan fingerprint density at radius 3 is 2.68 bits per heavy atom. The molecule has 2 aromatic rings. The van der Waals surface area contributed by atoms with E-state index in [9.17, 15) is 9.59 Å². The number of hydrogen-bond acceptors (Lipinski definition) is 4. The summed E-state index contributed by atoms with van der Waals surface area (Å²) in [6.45, 7) is 8.94. The van der Waals surface area contributed by atoms with Gasteiger partial charge in [-0.3, -0.25) is 9.59 Å². The van der Waals surface area contributed by atoms with Crippen LogP contribution in [0.5, 0.6) is 5.75 Å². The predicted octanol–water partition coefficient (Wildman–Crippen LogP) is 5.09. The number of benzene rings is 1. The third-order valence-electron chi connectivity index (χ3n) is 4.65. The van der Waals surface area contributed by atoms with E-state index in [1.54, 1.807) is 35.2 Å². The van der Waals surface area contributed by atoms with E-state index < -0.39 is 5.41 Å². The summed E-state index contributed by atoms with van der Waals surface area (Å²) in [4.78, 5) is 27.3. The Kier molecular flexibility index (Phi) is 5.84. The van der Waals surface area contributed by atoms with Gasteiger partial charge in [0.1, 0.15) is 12.4 Å². The highest BCUT2D eigenvalue weighted by atomic mass is 79.9. The highest BCUT2D eigenvalue weighted by Crippen LogP contribution is 2.38. The molecule has 7 heteroatoms. The summed E-state index contributed by atoms with van der Waals surface area (Å²) in [7, 11) is 0. The lowest BCUT2D eigenvalue weighted by Gasteiger charge is -2.28. The lowest BCUT2D eigenvalue weighted by atomic mass is 9.92. The standard InChI is InChI=1S/C21H25BrN2O4/c1-13(2)9-10-24-15-11-14(23-19(25)17-7-8-18(22)28-17)5-6-16(15)27-12-21(3,4)20(24)26/h5-8,11,13H,9-10,12H2,1-4H3,(H,23,25). The predicted molar refractivity (Wildman–Crippen MR) is 112 cm³/mol. The quantitative estimate of drug-likeness (QED) is 0.690. The molecule has 6 nitrogen and oxygen atoms in total. The molecule has 2 amide bonds. The maximum Gasteiger partial charge on any atom is 0.291 e. The van der Waals surface area contributed by atoms with Crippen molar-refractivity contribution in [3.05, 3.63) is 40.8 Å². The summed E-state index contributed by atoms with van der Waals surface area (Å²) in [5.41, 5.74) is 0.622. The first kappa shape index (κ1) is 20.5. The number of fused-ring (bicyclic) bond motifs is 1. The Labute approximate surface area is 173 Å². The number of anilines is 2. The summed E-state index contributed by atoms with van der Waals surface area (Å²) in [6.07, 6.45) is 0.873. The van der Waals surface area contributed by atoms with Crippen molar-refractivity contribution in [2.75, 3.05) is 23.4 Å². The molecular formula is C21H25BrN2O4. The number of hydrogen-bond donors (Lipinski definition) is 1. The average Bonchev–Trinajstić information content (AvgIpc) is 3.03. The molecule has 1 N–H and O–H groups in total. The molecule has 0 radical (unpaired) electrons. The fraction of sp³-hybridized carbons (Fsp3) is 0.429. The molecule has 0 aliphatic carbocycles. The van der Waals surface area contributed by atoms with Crippen LogP contribution in [0.25, 0.3) is 0 Å². The van der Waals surface area contributed by atoms with E-state index in [0.29, 0.717) is 40.9 Å². The van der Waals surface area contributed by atoms with E-state index in [1.807, 2.05) is 13.8 Å². The van der Waals surface area contributed by atoms with Crippen LogP contribution in [0.3, 0.4) is 0 Å². The van der Waals surface area contributed by atoms with Crippen molar-refractivity contribution in [1.82, 2.24) is 0 Å². The van der Waals surface area contributed by atoms with Crippen molar-refractivity contribution in [3.8, 4) is 5.75 Å². The topological polar surface area (TPSA) is 71.8 Å². The molecule has 1 aromatic carbocycles. The van der Waals surface area contributed by atoms with E-state index in [2.05, 4.69) is 35.1 Å². The lowest BCUT2D eigenvalue weighted by Crippen LogP contribution is -2.42. The second-order valence-electron chi connectivity index (χ2n) is 8.05. The monoisotopic (exact) mass is 448 g/mol. The molecule has 3 rings (SSSR count). The fourth-order valence-electron chi connectivity index (χ4n) is 2.96. The third-order valence-corrected chi connectivity index (χ3v) is 5.07. The SMILES string of the molecule is CC(C)CCN1C(=O)C(C)(C)COc2ccc(NC(=O)c3ccc(Br)o3)cc21. The summed E-state index contributed by atoms with van der Waals surface area (Å²) >= 11 is 3.19. The van der Waals surface area contributed by atoms with Gasteiger partial charge >= 0.3 is 0 Å². The Morgan fingerprint density at radius 2 is 2.04 bits per heavy atom. The van der Waals surface area contributed by atoms with Gasteiger partial charge < -0.3 is 19.4 Å². The molecule has 1 aliphatic heterocycles. The molecule has 0 bridgehead atoms. The van der Waals surface area contributed by atoms with Crippen LogP contribution in [0.2, 0.25) is 0 Å². The average molecular weight is 449 g/mol. The molecule has 0 atom stereocenters. The first-order valence-corrected chi connectivity index (χ1v) is 10.1. The van der Waals surface area contributed by atoms with Crippen LogP contribution in [0, 0.1) is 11.3 Å². The molecule has 0 saturated carbocycles. The molecule has 28 heavy (non-hydrogen) atoms. The maximum absolute atomic E-state index is 13.1. The van der Waals surface area contributed by atoms with Crippen LogP contribution in [0.4, 0.5) is 11.4 Å². The minimum Gasteiger partial charge on any atom is -0.490 e. The van der Waals surface area contributed by atoms with E-state index >= 15 is 0 Å². The van der Waals surface area contributed by atoms with Gasteiger partial charge in [-0.2, -0.15) is 0 Å². The van der Waals surface area contributed by atoms with Crippen molar-refractivity contribution in [3.63, 3.8) is 0 Å². The number of amides is 2. The van der Waals surface area contributed by atoms with E-state index in [4.69, 9.17) is 9.15 Å². The largest absolute Gasteiger partial charge is 0.490 e. The van der Waals surface area contributed by atoms with Crippen molar-refractivity contribution >= 4 is 39.1 Å². The van der Waals surface area contributed by atoms with Gasteiger partial charge in [-0.05, 0) is 72.4 Å². The Balaban J connectivity index is 1.91. The number of carbonyl (C=O) groups excluding carboxylic acids is 2. The number of rotatable bonds is 5. The smallest absolute Gasteiger partial charge is 0.291 e. The number of furan rings is 1. The van der Waals surface area contributed by atoms with Gasteiger partial charge in [-0.25, -0.2) is 0 Å². The van der Waals surface area contributed by atoms with Gasteiger partial charge in [-0.15, -0.1) is 0 Å². The molecule has 0 fully saturated rings. The summed E-state index contributed by atoms with van der Waals surface area (Å²) in [6, 6.07) is 8.59. The molecule has 1 aromatic heterocycles. The van der Waals surface area contributed by atoms with Gasteiger partial charge in [0, 0.05) is 12.2 Å². The normalized spacial score (nSPS) is 15.8. The number of halogens is 1. The maximum atomic E-state index is 13.1. The highest BCUT2D eigenvalue weighted by Gasteiger charge is 2.37. The minimum atomic E-state index is -0.625. The zero-order chi connectivity index (χ0) is 20.5. The Morgan fingerprint density at radius 1 is 1.29 bits per heavy atom. The van der Waals surface area contributed by atoms with Crippen molar-refractivity contribution < 1.29 is 18.7 Å². The molecule has 150 valence electrons. The summed E-state index contributed by atoms with van der Waals surface area (Å²) < 4.78 is 11.7. The molecule has 0 saturated heterocycles. The van der Waals surface area contributed by atoms with Gasteiger partial charge in [0.15, 0.2) is 10.4 Å². The first-order valence-electron chi connectivity index (χ1n) is 9.33. The minimum absolute atomic E-state index is 0.0188. The fourth-order valence-corrected chi connectivity index (χ4v) is 3.27. The van der Waals surface area contributed by atoms with Crippen LogP contribution in [-0.2, 0) is 4.79 Å². The summed E-state index contributed by atoms with van der Waals surface area (Å²) in [5.74, 6) is 0.961. The zero-order valence-corrected chi connectivity index (χ0v) is 18.1. The number of carbonyl (C=O) groups is 2. The van der Waals surface area contributed by atoms with Crippen molar-refractivity contribution in [1.29, 1.82) is 0 Å². The number of nitrogens with one attached hydrogen (secondary N) is 1. The Hall–Kier alpha value is -2.28. The third kappa shape index (κ3) is 4.41. The second-order valence-corrected chi connectivity index (χ2v) is 8.83. The second kappa shape index (κ2) is 7.99. The molecule has 0 spiro atoms. The van der Waals surface area contributed by atoms with E-state index in [0.717, 1.165) is 6.42 Å². The van der Waals surface area contributed by atoms with Crippen LogP contribution in [0.1, 0.15) is 44.7 Å². The molecule has 0 unspecified atom stereocenters. The number of ether oxygens (including phenoxy) is 1. The zero-order valence-electron chi connectivity index (χ0n) is 16.5. The Bertz CT molecular complexity index is 888. The van der Waals surface area contributed by atoms with Gasteiger partial charge in [-0.1, -0.05) is 13.8 Å². The van der Waals surface area contributed by atoms with Crippen molar-refractivity contribution in [2.24, 2.45) is 11.3 Å². The highest BCUT2D eigenvalue weighted by molar-refractivity contribution is 9.10. The van der Waals surface area contributed by atoms with Gasteiger partial charge in [0.25, 0.3) is 5.91 Å². The van der Waals surface area contributed by atoms with Crippen LogP contribution >= 0.6 is 15.9 Å². The van der Waals surface area contributed by atoms with Gasteiger partial charge in [0.05, 0.1) is 11.1 Å². The van der Waals surface area contributed by atoms with Crippen LogP contribution < -0.4 is 15.0 Å². The number of nitrogens with zero attached hydrogens (tertiary/aromatic N) is 1. The molecule has 2 heterocycles. The van der Waals surface area contributed by atoms with Crippen molar-refractivity contribution in [2.45, 2.75) is 34.1 Å².